The minimum absolute atomic E-state index is 0.219. The van der Waals surface area contributed by atoms with Crippen molar-refractivity contribution in [2.45, 2.75) is 6.54 Å². The molecule has 0 spiro atoms. The van der Waals surface area contributed by atoms with Crippen LogP contribution < -0.4 is 5.32 Å². The van der Waals surface area contributed by atoms with Gasteiger partial charge in [0, 0.05) is 13.2 Å². The predicted molar refractivity (Wildman–Crippen MR) is 45.8 cm³/mol. The van der Waals surface area contributed by atoms with Crippen LogP contribution in [0.5, 0.6) is 0 Å². The zero-order chi connectivity index (χ0) is 9.14. The molecule has 1 aromatic heterocycles. The lowest BCUT2D eigenvalue weighted by molar-refractivity contribution is 0.193. The molecule has 0 saturated carbocycles. The molecule has 0 aliphatic rings. The average Bonchev–Trinajstić information content (AvgIpc) is 2.26. The van der Waals surface area contributed by atoms with Crippen LogP contribution in [-0.2, 0) is 13.6 Å². The molecule has 0 aromatic carbocycles. The maximum Gasteiger partial charge on any atom is 0.404 e. The Kier molecular flexibility index (Phi) is 2.69. The molecule has 0 aliphatic heterocycles. The Morgan fingerprint density at radius 3 is 3.00 bits per heavy atom. The predicted octanol–water partition coefficient (Wildman–Crippen LogP) is 0.950. The second-order valence-corrected chi connectivity index (χ2v) is 3.11. The van der Waals surface area contributed by atoms with Gasteiger partial charge in [0.2, 0.25) is 0 Å². The fourth-order valence-electron chi connectivity index (χ4n) is 0.785. The summed E-state index contributed by atoms with van der Waals surface area (Å²) in [7, 11) is 1.77. The van der Waals surface area contributed by atoms with Gasteiger partial charge in [0.05, 0.1) is 16.7 Å². The number of hydrogen-bond acceptors (Lipinski definition) is 2. The quantitative estimate of drug-likeness (QED) is 0.800. The van der Waals surface area contributed by atoms with Gasteiger partial charge in [-0.15, -0.1) is 0 Å². The van der Waals surface area contributed by atoms with Gasteiger partial charge in [-0.3, -0.25) is 4.68 Å². The summed E-state index contributed by atoms with van der Waals surface area (Å²) in [6, 6.07) is 0. The Morgan fingerprint density at radius 1 is 1.92 bits per heavy atom. The van der Waals surface area contributed by atoms with Gasteiger partial charge in [0.15, 0.2) is 0 Å². The molecule has 6 heteroatoms. The molecule has 0 bridgehead atoms. The smallest absolute Gasteiger partial charge is 0.404 e. The van der Waals surface area contributed by atoms with Gasteiger partial charge < -0.3 is 10.4 Å². The van der Waals surface area contributed by atoms with Crippen molar-refractivity contribution in [3.8, 4) is 0 Å². The van der Waals surface area contributed by atoms with Crippen molar-refractivity contribution in [3.05, 3.63) is 16.4 Å². The molecule has 2 N–H and O–H groups in total. The second-order valence-electron chi connectivity index (χ2n) is 2.26. The first kappa shape index (κ1) is 9.05. The number of carbonyl (C=O) groups is 1. The van der Waals surface area contributed by atoms with Crippen molar-refractivity contribution in [2.75, 3.05) is 0 Å². The van der Waals surface area contributed by atoms with Gasteiger partial charge in [-0.2, -0.15) is 5.10 Å². The molecule has 66 valence electrons. The van der Waals surface area contributed by atoms with E-state index in [1.165, 1.54) is 0 Å². The van der Waals surface area contributed by atoms with E-state index in [0.29, 0.717) is 5.69 Å². The maximum absolute atomic E-state index is 10.1. The van der Waals surface area contributed by atoms with Gasteiger partial charge in [-0.05, 0) is 15.9 Å². The Morgan fingerprint density at radius 2 is 2.58 bits per heavy atom. The average molecular weight is 234 g/mol. The molecule has 0 unspecified atom stereocenters. The molecule has 1 rings (SSSR count). The summed E-state index contributed by atoms with van der Waals surface area (Å²) in [5.41, 5.74) is 0.680. The normalized spacial score (nSPS) is 9.83. The molecule has 0 saturated heterocycles. The van der Waals surface area contributed by atoms with Crippen molar-refractivity contribution in [1.29, 1.82) is 0 Å². The number of aryl methyl sites for hydroxylation is 1. The van der Waals surface area contributed by atoms with E-state index in [2.05, 4.69) is 26.3 Å². The highest BCUT2D eigenvalue weighted by Gasteiger charge is 2.05. The third kappa shape index (κ3) is 2.23. The van der Waals surface area contributed by atoms with Crippen molar-refractivity contribution in [2.24, 2.45) is 7.05 Å². The molecular formula is C6H8BrN3O2. The van der Waals surface area contributed by atoms with Crippen molar-refractivity contribution in [3.63, 3.8) is 0 Å². The summed E-state index contributed by atoms with van der Waals surface area (Å²) in [5.74, 6) is 0. The monoisotopic (exact) mass is 233 g/mol. The lowest BCUT2D eigenvalue weighted by Crippen LogP contribution is -2.20. The fraction of sp³-hybridized carbons (Fsp3) is 0.333. The molecule has 1 amide bonds. The molecule has 12 heavy (non-hydrogen) atoms. The Balaban J connectivity index is 2.62. The topological polar surface area (TPSA) is 67.2 Å². The molecule has 0 fully saturated rings. The zero-order valence-electron chi connectivity index (χ0n) is 6.41. The molecule has 1 heterocycles. The molecule has 1 aromatic rings. The second kappa shape index (κ2) is 3.57. The van der Waals surface area contributed by atoms with E-state index in [1.54, 1.807) is 17.9 Å². The highest BCUT2D eigenvalue weighted by molar-refractivity contribution is 9.10. The maximum atomic E-state index is 10.1. The molecule has 0 aliphatic carbocycles. The number of halogens is 1. The van der Waals surface area contributed by atoms with Crippen molar-refractivity contribution < 1.29 is 9.90 Å². The van der Waals surface area contributed by atoms with Crippen molar-refractivity contribution >= 4 is 22.0 Å². The summed E-state index contributed by atoms with van der Waals surface area (Å²) in [4.78, 5) is 10.1. The van der Waals surface area contributed by atoms with Gasteiger partial charge in [-0.25, -0.2) is 4.79 Å². The van der Waals surface area contributed by atoms with E-state index in [1.807, 2.05) is 0 Å². The van der Waals surface area contributed by atoms with E-state index >= 15 is 0 Å². The summed E-state index contributed by atoms with van der Waals surface area (Å²) in [6.07, 6.45) is 0.714. The summed E-state index contributed by atoms with van der Waals surface area (Å²) in [6.45, 7) is 0.219. The first-order chi connectivity index (χ1) is 5.59. The van der Waals surface area contributed by atoms with Crippen LogP contribution in [0, 0.1) is 0 Å². The number of nitrogens with zero attached hydrogens (tertiary/aromatic N) is 2. The Hall–Kier alpha value is -1.04. The number of aromatic nitrogens is 2. The lowest BCUT2D eigenvalue weighted by atomic mass is 10.4. The van der Waals surface area contributed by atoms with Gasteiger partial charge >= 0.3 is 6.09 Å². The minimum atomic E-state index is -1.05. The fourth-order valence-corrected chi connectivity index (χ4v) is 1.30. The molecular weight excluding hydrogens is 226 g/mol. The Bertz CT molecular complexity index is 297. The standard InChI is InChI=1S/C6H8BrN3O2/c1-10-3-4(7)5(9-10)2-8-6(11)12/h3,8H,2H2,1H3,(H,11,12). The number of hydrogen-bond donors (Lipinski definition) is 2. The number of carboxylic acid groups (broad SMARTS) is 1. The van der Waals surface area contributed by atoms with Crippen molar-refractivity contribution in [1.82, 2.24) is 15.1 Å². The highest BCUT2D eigenvalue weighted by Crippen LogP contribution is 2.13. The van der Waals surface area contributed by atoms with Gasteiger partial charge in [0.1, 0.15) is 0 Å². The Labute approximate surface area is 77.5 Å². The number of amides is 1. The van der Waals surface area contributed by atoms with E-state index in [9.17, 15) is 4.79 Å². The van der Waals surface area contributed by atoms with E-state index in [-0.39, 0.29) is 6.54 Å². The third-order valence-corrected chi connectivity index (χ3v) is 1.92. The van der Waals surface area contributed by atoms with Crippen LogP contribution in [0.3, 0.4) is 0 Å². The van der Waals surface area contributed by atoms with Crippen LogP contribution in [0.2, 0.25) is 0 Å². The largest absolute Gasteiger partial charge is 0.465 e. The molecule has 0 radical (unpaired) electrons. The van der Waals surface area contributed by atoms with Crippen LogP contribution in [-0.4, -0.2) is 21.0 Å². The van der Waals surface area contributed by atoms with Gasteiger partial charge in [0.25, 0.3) is 0 Å². The summed E-state index contributed by atoms with van der Waals surface area (Å²) in [5, 5.41) is 14.6. The van der Waals surface area contributed by atoms with E-state index in [4.69, 9.17) is 5.11 Å². The first-order valence-corrected chi connectivity index (χ1v) is 4.03. The van der Waals surface area contributed by atoms with Crippen LogP contribution >= 0.6 is 15.9 Å². The first-order valence-electron chi connectivity index (χ1n) is 3.24. The number of rotatable bonds is 2. The van der Waals surface area contributed by atoms with Crippen LogP contribution in [0.25, 0.3) is 0 Å². The lowest BCUT2D eigenvalue weighted by Gasteiger charge is -1.96. The SMILES string of the molecule is Cn1cc(Br)c(CNC(=O)O)n1. The van der Waals surface area contributed by atoms with E-state index < -0.39 is 6.09 Å². The molecule has 0 atom stereocenters. The van der Waals surface area contributed by atoms with Crippen LogP contribution in [0.1, 0.15) is 5.69 Å². The number of nitrogens with one attached hydrogen (secondary N) is 1. The summed E-state index contributed by atoms with van der Waals surface area (Å²) < 4.78 is 2.42. The summed E-state index contributed by atoms with van der Waals surface area (Å²) >= 11 is 3.25. The van der Waals surface area contributed by atoms with Gasteiger partial charge in [-0.1, -0.05) is 0 Å². The minimum Gasteiger partial charge on any atom is -0.465 e. The van der Waals surface area contributed by atoms with Crippen LogP contribution in [0.4, 0.5) is 4.79 Å². The van der Waals surface area contributed by atoms with Crippen LogP contribution in [0.15, 0.2) is 10.7 Å². The third-order valence-electron chi connectivity index (χ3n) is 1.26. The van der Waals surface area contributed by atoms with E-state index in [0.717, 1.165) is 4.47 Å². The zero-order valence-corrected chi connectivity index (χ0v) is 8.00. The highest BCUT2D eigenvalue weighted by atomic mass is 79.9. The molecule has 5 nitrogen and oxygen atoms in total.